The number of benzene rings is 18. The molecular weight excluding hydrogens is 1550 g/mol. The van der Waals surface area contributed by atoms with Crippen molar-refractivity contribution in [2.24, 2.45) is 0 Å². The average molecular weight is 1640 g/mol. The number of hydrogen-bond donors (Lipinski definition) is 1. The van der Waals surface area contributed by atoms with E-state index in [0.717, 1.165) is 28.0 Å². The quantitative estimate of drug-likeness (QED) is 0.0961. The van der Waals surface area contributed by atoms with Crippen molar-refractivity contribution >= 4 is 120 Å². The molecule has 0 aliphatic heterocycles. The zero-order valence-corrected chi connectivity index (χ0v) is 70.4. The maximum Gasteiger partial charge on any atom is 0.123 e. The molecule has 9 heteroatoms. The van der Waals surface area contributed by atoms with Crippen LogP contribution in [0.25, 0.3) is 143 Å². The van der Waals surface area contributed by atoms with E-state index in [9.17, 15) is 4.39 Å². The van der Waals surface area contributed by atoms with E-state index in [1.165, 1.54) is 177 Å². The van der Waals surface area contributed by atoms with Gasteiger partial charge in [0.25, 0.3) is 0 Å². The van der Waals surface area contributed by atoms with Gasteiger partial charge in [0.1, 0.15) is 21.5 Å². The van der Waals surface area contributed by atoms with Crippen molar-refractivity contribution in [3.05, 3.63) is 450 Å². The topological polar surface area (TPSA) is 37.0 Å². The van der Waals surface area contributed by atoms with E-state index >= 15 is 0 Å². The van der Waals surface area contributed by atoms with E-state index in [4.69, 9.17) is 20.3 Å². The monoisotopic (exact) mass is 1640 g/mol. The van der Waals surface area contributed by atoms with Gasteiger partial charge in [-0.1, -0.05) is 354 Å². The average Bonchev–Trinajstić information content (AvgIpc) is 1.58. The molecule has 22 rings (SSSR count). The predicted octanol–water partition coefficient (Wildman–Crippen LogP) is 31.5. The fraction of sp³-hybridized carbons (Fsp3) is 0.0714. The maximum absolute atomic E-state index is 11.1. The first-order chi connectivity index (χ1) is 59.0. The minimum absolute atomic E-state index is 0.0992. The lowest BCUT2D eigenvalue weighted by Crippen LogP contribution is -2.16. The number of aromatic nitrogens is 2. The van der Waals surface area contributed by atoms with Crippen molar-refractivity contribution in [3.63, 3.8) is 0 Å². The van der Waals surface area contributed by atoms with Crippen LogP contribution in [0.5, 0.6) is 0 Å². The van der Waals surface area contributed by atoms with E-state index in [2.05, 4.69) is 470 Å². The van der Waals surface area contributed by atoms with E-state index in [1.54, 1.807) is 0 Å². The molecule has 1 N–H and O–H groups in total. The van der Waals surface area contributed by atoms with Gasteiger partial charge in [-0.05, 0) is 237 Å². The highest BCUT2D eigenvalue weighted by Gasteiger charge is 2.37. The van der Waals surface area contributed by atoms with Crippen molar-refractivity contribution in [2.45, 2.75) is 44.9 Å². The second-order valence-electron chi connectivity index (χ2n) is 32.7. The summed E-state index contributed by atoms with van der Waals surface area (Å²) in [5, 5.41) is 16.6. The van der Waals surface area contributed by atoms with Gasteiger partial charge in [0.2, 0.25) is 0 Å². The summed E-state index contributed by atoms with van der Waals surface area (Å²) in [6.45, 7) is 6.49. The van der Waals surface area contributed by atoms with Gasteiger partial charge in [-0.15, -0.1) is 0 Å². The second-order valence-corrected chi connectivity index (χ2v) is 35.7. The van der Waals surface area contributed by atoms with Gasteiger partial charge in [0, 0.05) is 65.3 Å². The van der Waals surface area contributed by atoms with Crippen molar-refractivity contribution in [1.29, 1.82) is 5.16 Å². The molecule has 2 aliphatic carbocycles. The molecule has 2 heterocycles. The summed E-state index contributed by atoms with van der Waals surface area (Å²) in [6, 6.07) is 150. The molecule has 2 aliphatic rings. The largest absolute Gasteiger partial charge is 0.336 e. The van der Waals surface area contributed by atoms with Crippen LogP contribution < -0.4 is 4.90 Å². The van der Waals surface area contributed by atoms with Crippen molar-refractivity contribution in [3.8, 4) is 78.1 Å². The van der Waals surface area contributed by atoms with Crippen LogP contribution in [0.15, 0.2) is 417 Å². The van der Waals surface area contributed by atoms with Gasteiger partial charge < -0.3 is 19.2 Å². The van der Waals surface area contributed by atoms with Crippen LogP contribution in [0, 0.1) is 5.16 Å². The molecule has 578 valence electrons. The van der Waals surface area contributed by atoms with Crippen molar-refractivity contribution in [2.75, 3.05) is 11.3 Å². The highest BCUT2D eigenvalue weighted by atomic mass is 79.9. The number of rotatable bonds is 12. The fourth-order valence-electron chi connectivity index (χ4n) is 18.4. The zero-order chi connectivity index (χ0) is 82.5. The first kappa shape index (κ1) is 77.6. The lowest BCUT2D eigenvalue weighted by molar-refractivity contribution is 0.601. The number of para-hydroxylation sites is 4. The van der Waals surface area contributed by atoms with Gasteiger partial charge in [-0.3, -0.25) is 0 Å². The molecule has 18 aromatic carbocycles. The summed E-state index contributed by atoms with van der Waals surface area (Å²) in [5.41, 5.74) is 34.2. The third-order valence-corrected chi connectivity index (χ3v) is 25.3. The van der Waals surface area contributed by atoms with Crippen LogP contribution in [0.4, 0.5) is 21.5 Å². The first-order valence-corrected chi connectivity index (χ1v) is 44.1. The number of alkyl halides is 1. The maximum atomic E-state index is 11.1. The van der Waals surface area contributed by atoms with Crippen LogP contribution in [0.1, 0.15) is 61.1 Å². The van der Waals surface area contributed by atoms with Crippen LogP contribution in [-0.2, 0) is 17.3 Å². The molecule has 0 fully saturated rings. The Morgan fingerprint density at radius 2 is 0.628 bits per heavy atom. The van der Waals surface area contributed by atoms with E-state index in [-0.39, 0.29) is 10.8 Å². The summed E-state index contributed by atoms with van der Waals surface area (Å²) in [7, 11) is 9.43. The zero-order valence-electron chi connectivity index (χ0n) is 67.9. The molecule has 0 unspecified atom stereocenters. The Kier molecular flexibility index (Phi) is 20.8. The summed E-state index contributed by atoms with van der Waals surface area (Å²) in [6.07, 6.45) is 0.0205. The molecule has 4 radical (unpaired) electrons. The van der Waals surface area contributed by atoms with Crippen molar-refractivity contribution in [1.82, 2.24) is 9.13 Å². The molecule has 0 atom stereocenters. The van der Waals surface area contributed by atoms with Crippen LogP contribution in [-0.4, -0.2) is 30.7 Å². The second kappa shape index (κ2) is 32.4. The number of halogens is 2. The Morgan fingerprint density at radius 1 is 0.298 bits per heavy atom. The Balaban J connectivity index is 0.000000131. The molecule has 0 saturated heterocycles. The molecule has 0 bridgehead atoms. The normalized spacial score (nSPS) is 12.7. The third kappa shape index (κ3) is 14.9. The summed E-state index contributed by atoms with van der Waals surface area (Å²) in [5.74, 6) is 0. The van der Waals surface area contributed by atoms with E-state index in [0.29, 0.717) is 0 Å². The lowest BCUT2D eigenvalue weighted by Gasteiger charge is -2.28. The third-order valence-electron chi connectivity index (χ3n) is 24.4. The number of anilines is 3. The Bertz CT molecular complexity index is 7330. The Morgan fingerprint density at radius 3 is 1.09 bits per heavy atom. The summed E-state index contributed by atoms with van der Waals surface area (Å²) < 4.78 is 17.0. The number of nitrogens with one attached hydrogen (secondary N) is 1. The van der Waals surface area contributed by atoms with Crippen LogP contribution >= 0.6 is 22.7 Å². The first-order valence-electron chi connectivity index (χ1n) is 41.2. The van der Waals surface area contributed by atoms with E-state index in [1.807, 2.05) is 0 Å². The van der Waals surface area contributed by atoms with Crippen LogP contribution in [0.2, 0.25) is 0 Å². The molecular formula is C112H85B2BrFN4P. The number of hydrogen-bond acceptors (Lipinski definition) is 2. The predicted molar refractivity (Wildman–Crippen MR) is 519 cm³/mol. The molecule has 121 heavy (non-hydrogen) atoms. The van der Waals surface area contributed by atoms with Gasteiger partial charge in [-0.2, -0.15) is 0 Å². The van der Waals surface area contributed by atoms with E-state index < -0.39 is 13.2 Å². The number of fused-ring (bicyclic) bond motifs is 14. The molecule has 2 aromatic heterocycles. The molecule has 0 spiro atoms. The Hall–Kier alpha value is -13.4. The van der Waals surface area contributed by atoms with Gasteiger partial charge in [0.05, 0.1) is 22.1 Å². The number of nitrogens with zero attached hydrogens (tertiary/aromatic N) is 3. The molecule has 0 saturated carbocycles. The summed E-state index contributed by atoms with van der Waals surface area (Å²) in [4.78, 5) is 2.41. The fourth-order valence-corrected chi connectivity index (χ4v) is 18.7. The lowest BCUT2D eigenvalue weighted by atomic mass is 9.82. The minimum atomic E-state index is -2.81. The van der Waals surface area contributed by atoms with Crippen LogP contribution in [0.3, 0.4) is 0 Å². The molecule has 20 aromatic rings. The highest BCUT2D eigenvalue weighted by molar-refractivity contribution is 9.10. The highest BCUT2D eigenvalue weighted by Crippen LogP contribution is 2.53. The van der Waals surface area contributed by atoms with Crippen molar-refractivity contribution < 1.29 is 4.39 Å². The molecule has 4 nitrogen and oxygen atoms in total. The van der Waals surface area contributed by atoms with Gasteiger partial charge in [0.15, 0.2) is 0 Å². The minimum Gasteiger partial charge on any atom is -0.336 e. The van der Waals surface area contributed by atoms with Gasteiger partial charge >= 0.3 is 0 Å². The smallest absolute Gasteiger partial charge is 0.123 e. The summed E-state index contributed by atoms with van der Waals surface area (Å²) >= 11 is 3.56. The van der Waals surface area contributed by atoms with Gasteiger partial charge in [-0.25, -0.2) is 4.39 Å². The SMILES string of the molecule is CC1(C)c2ccccc2-c2ccc(Br)cc21.CC1(C)c2ccccc2-c2ccc(N(c3ccc(-c4ccc5c(c4)c4ccccc4n5-c4ccccc4)cc3)c3ccc(-c4cccc5ccccc45)cc3)cc21.[B]P([B])(=N)CF.c1ccc(-n2c3ccccc3c3cc(-c4ccc(Cc5ccc(-c6cccc7ccccc67)cc5)cc4)ccc32)cc1. The Labute approximate surface area is 718 Å². The molecule has 0 amide bonds. The standard InChI is InChI=1S/C55H40N2.C41H29N.C15H13Br.CH3B2FNP/c1-55(2)51-21-10-8-18-47(51)48-33-32-44(36-52(48)55)56(43-30-25-39(26-31-43)46-20-12-14-38-13-6-7-17-45(38)46)42-28-23-37(24-29-42)40-27-34-54-50(35-40)49-19-9-11-22-53(49)57(54)41-15-4-3-5-16-41;1-2-11-35(12-3-1)42-40-16-7-6-14-38(40)39-28-34(25-26-41(39)42)31-21-17-29(18-22-31)27-30-19-23-33(24-20-30)37-15-8-10-32-9-4-5-13-36(32)37;1-15(2)13-6-4-3-5-11(13)12-8-7-10(16)9-14(12)15;2-6(3,5)1-4/h3-36H,1-2H3;1-26,28H,27H2;3-9H,1-2H3;5H,1H2.